The van der Waals surface area contributed by atoms with E-state index in [9.17, 15) is 13.6 Å². The fourth-order valence-electron chi connectivity index (χ4n) is 2.53. The number of rotatable bonds is 7. The molecule has 1 amide bonds. The largest absolute Gasteiger partial charge is 0.487 e. The van der Waals surface area contributed by atoms with Gasteiger partial charge < -0.3 is 10.1 Å². The van der Waals surface area contributed by atoms with E-state index in [0.717, 1.165) is 17.5 Å². The molecule has 2 aromatic carbocycles. The maximum Gasteiger partial charge on any atom is 0.228 e. The zero-order valence-corrected chi connectivity index (χ0v) is 16.6. The fraction of sp³-hybridized carbons (Fsp3) is 0.100. The molecule has 0 spiro atoms. The van der Waals surface area contributed by atoms with Crippen LogP contribution in [0.3, 0.4) is 0 Å². The molecule has 0 unspecified atom stereocenters. The van der Waals surface area contributed by atoms with Crippen molar-refractivity contribution >= 4 is 35.1 Å². The molecule has 0 saturated heterocycles. The van der Waals surface area contributed by atoms with Gasteiger partial charge in [-0.1, -0.05) is 17.7 Å². The molecule has 9 heteroatoms. The normalized spacial score (nSPS) is 10.6. The Labute approximate surface area is 175 Å². The van der Waals surface area contributed by atoms with Crippen molar-refractivity contribution in [2.24, 2.45) is 5.14 Å². The van der Waals surface area contributed by atoms with Gasteiger partial charge in [-0.05, 0) is 60.0 Å². The third-order valence-corrected chi connectivity index (χ3v) is 4.93. The number of carbonyl (C=O) groups is 1. The summed E-state index contributed by atoms with van der Waals surface area (Å²) in [7, 11) is 0. The predicted octanol–water partition coefficient (Wildman–Crippen LogP) is 4.74. The van der Waals surface area contributed by atoms with E-state index in [1.54, 1.807) is 18.2 Å². The molecule has 29 heavy (non-hydrogen) atoms. The number of hydrogen-bond donors (Lipinski definition) is 2. The van der Waals surface area contributed by atoms with E-state index in [2.05, 4.69) is 10.3 Å². The van der Waals surface area contributed by atoms with Crippen molar-refractivity contribution in [3.8, 4) is 5.75 Å². The number of aromatic nitrogens is 1. The minimum absolute atomic E-state index is 0.0654. The van der Waals surface area contributed by atoms with E-state index in [4.69, 9.17) is 21.5 Å². The van der Waals surface area contributed by atoms with E-state index in [-0.39, 0.29) is 18.9 Å². The van der Waals surface area contributed by atoms with E-state index in [1.807, 2.05) is 0 Å². The lowest BCUT2D eigenvalue weighted by Crippen LogP contribution is -2.15. The van der Waals surface area contributed by atoms with Crippen LogP contribution >= 0.6 is 23.5 Å². The number of pyridine rings is 1. The standard InChI is InChI=1S/C20H16ClF2N3O2S/c21-17-5-2-14(22)7-13(17)8-20(27)26-15-3-1-12(18(9-15)29-24)11-28-16-4-6-19(23)25-10-16/h1-7,9-10H,8,11,24H2,(H,26,27). The zero-order valence-electron chi connectivity index (χ0n) is 15.0. The Morgan fingerprint density at radius 3 is 2.69 bits per heavy atom. The van der Waals surface area contributed by atoms with Gasteiger partial charge in [0.05, 0.1) is 12.6 Å². The molecule has 0 atom stereocenters. The second-order valence-electron chi connectivity index (χ2n) is 6.01. The van der Waals surface area contributed by atoms with Crippen molar-refractivity contribution in [3.05, 3.63) is 82.6 Å². The first kappa shape index (κ1) is 21.0. The number of nitrogens with zero attached hydrogens (tertiary/aromatic N) is 1. The summed E-state index contributed by atoms with van der Waals surface area (Å²) in [5, 5.41) is 8.79. The van der Waals surface area contributed by atoms with Crippen molar-refractivity contribution in [3.63, 3.8) is 0 Å². The first-order valence-electron chi connectivity index (χ1n) is 8.42. The van der Waals surface area contributed by atoms with Gasteiger partial charge in [0.1, 0.15) is 18.2 Å². The van der Waals surface area contributed by atoms with Crippen molar-refractivity contribution in [2.75, 3.05) is 5.32 Å². The molecular weight excluding hydrogens is 420 g/mol. The van der Waals surface area contributed by atoms with E-state index in [0.29, 0.717) is 26.9 Å². The molecule has 0 radical (unpaired) electrons. The SMILES string of the molecule is NSc1cc(NC(=O)Cc2cc(F)ccc2Cl)ccc1COc1ccc(F)nc1. The van der Waals surface area contributed by atoms with Crippen LogP contribution in [-0.4, -0.2) is 10.9 Å². The van der Waals surface area contributed by atoms with Crippen LogP contribution in [0, 0.1) is 11.8 Å². The van der Waals surface area contributed by atoms with Crippen LogP contribution in [0.1, 0.15) is 11.1 Å². The number of halogens is 3. The van der Waals surface area contributed by atoms with Gasteiger partial charge in [-0.2, -0.15) is 4.39 Å². The van der Waals surface area contributed by atoms with Gasteiger partial charge in [0.25, 0.3) is 0 Å². The topological polar surface area (TPSA) is 77.2 Å². The Bertz CT molecular complexity index is 1020. The summed E-state index contributed by atoms with van der Waals surface area (Å²) in [5.41, 5.74) is 1.71. The van der Waals surface area contributed by atoms with Gasteiger partial charge in [0, 0.05) is 21.2 Å². The van der Waals surface area contributed by atoms with Gasteiger partial charge in [-0.15, -0.1) is 0 Å². The molecule has 3 rings (SSSR count). The lowest BCUT2D eigenvalue weighted by atomic mass is 10.1. The molecule has 1 aromatic heterocycles. The summed E-state index contributed by atoms with van der Waals surface area (Å²) in [6.45, 7) is 0.194. The minimum Gasteiger partial charge on any atom is -0.487 e. The Balaban J connectivity index is 1.65. The molecule has 0 aliphatic carbocycles. The number of ether oxygens (including phenoxy) is 1. The monoisotopic (exact) mass is 435 g/mol. The van der Waals surface area contributed by atoms with Crippen LogP contribution in [0.4, 0.5) is 14.5 Å². The summed E-state index contributed by atoms with van der Waals surface area (Å²) in [4.78, 5) is 16.5. The third-order valence-electron chi connectivity index (χ3n) is 3.93. The molecule has 0 saturated carbocycles. The Morgan fingerprint density at radius 2 is 1.97 bits per heavy atom. The van der Waals surface area contributed by atoms with Crippen LogP contribution < -0.4 is 15.2 Å². The number of amides is 1. The summed E-state index contributed by atoms with van der Waals surface area (Å²) >= 11 is 7.01. The number of anilines is 1. The van der Waals surface area contributed by atoms with Crippen LogP contribution in [0.15, 0.2) is 59.6 Å². The molecule has 0 bridgehead atoms. The second-order valence-corrected chi connectivity index (χ2v) is 7.09. The highest BCUT2D eigenvalue weighted by atomic mass is 35.5. The van der Waals surface area contributed by atoms with E-state index in [1.165, 1.54) is 36.5 Å². The van der Waals surface area contributed by atoms with Crippen molar-refractivity contribution in [2.45, 2.75) is 17.9 Å². The van der Waals surface area contributed by atoms with Gasteiger partial charge in [-0.3, -0.25) is 9.93 Å². The Kier molecular flexibility index (Phi) is 7.03. The van der Waals surface area contributed by atoms with Gasteiger partial charge in [-0.25, -0.2) is 9.37 Å². The summed E-state index contributed by atoms with van der Waals surface area (Å²) in [6, 6.07) is 11.7. The Morgan fingerprint density at radius 1 is 1.14 bits per heavy atom. The van der Waals surface area contributed by atoms with Crippen molar-refractivity contribution < 1.29 is 18.3 Å². The maximum absolute atomic E-state index is 13.3. The fourth-order valence-corrected chi connectivity index (χ4v) is 3.18. The van der Waals surface area contributed by atoms with Crippen LogP contribution in [0.5, 0.6) is 5.75 Å². The summed E-state index contributed by atoms with van der Waals surface area (Å²) < 4.78 is 31.8. The lowest BCUT2D eigenvalue weighted by Gasteiger charge is -2.12. The van der Waals surface area contributed by atoms with E-state index < -0.39 is 11.8 Å². The smallest absolute Gasteiger partial charge is 0.228 e. The predicted molar refractivity (Wildman–Crippen MR) is 109 cm³/mol. The highest BCUT2D eigenvalue weighted by Crippen LogP contribution is 2.25. The van der Waals surface area contributed by atoms with Crippen molar-refractivity contribution in [1.29, 1.82) is 0 Å². The molecule has 3 aromatic rings. The first-order valence-corrected chi connectivity index (χ1v) is 9.68. The number of nitrogens with one attached hydrogen (secondary N) is 1. The molecular formula is C20H16ClF2N3O2S. The number of carbonyl (C=O) groups excluding carboxylic acids is 1. The third kappa shape index (κ3) is 5.90. The van der Waals surface area contributed by atoms with Gasteiger partial charge >= 0.3 is 0 Å². The lowest BCUT2D eigenvalue weighted by molar-refractivity contribution is -0.115. The summed E-state index contributed by atoms with van der Waals surface area (Å²) in [5.74, 6) is -0.967. The molecule has 0 aliphatic rings. The highest BCUT2D eigenvalue weighted by molar-refractivity contribution is 7.97. The molecule has 0 aliphatic heterocycles. The van der Waals surface area contributed by atoms with Crippen LogP contribution in [0.25, 0.3) is 0 Å². The molecule has 5 nitrogen and oxygen atoms in total. The van der Waals surface area contributed by atoms with Crippen molar-refractivity contribution in [1.82, 2.24) is 4.98 Å². The maximum atomic E-state index is 13.3. The summed E-state index contributed by atoms with van der Waals surface area (Å²) in [6.07, 6.45) is 1.22. The Hall–Kier alpha value is -2.68. The molecule has 1 heterocycles. The van der Waals surface area contributed by atoms with Gasteiger partial charge in [0.15, 0.2) is 0 Å². The van der Waals surface area contributed by atoms with Gasteiger partial charge in [0.2, 0.25) is 11.9 Å². The van der Waals surface area contributed by atoms with Crippen LogP contribution in [-0.2, 0) is 17.8 Å². The van der Waals surface area contributed by atoms with Crippen LogP contribution in [0.2, 0.25) is 5.02 Å². The quantitative estimate of drug-likeness (QED) is 0.414. The average Bonchev–Trinajstić information content (AvgIpc) is 2.70. The first-order chi connectivity index (χ1) is 13.9. The average molecular weight is 436 g/mol. The number of hydrogen-bond acceptors (Lipinski definition) is 5. The van der Waals surface area contributed by atoms with E-state index >= 15 is 0 Å². The minimum atomic E-state index is -0.588. The second kappa shape index (κ2) is 9.69. The molecule has 3 N–H and O–H groups in total. The number of benzene rings is 2. The molecule has 0 fully saturated rings. The zero-order chi connectivity index (χ0) is 20.8. The molecule has 150 valence electrons. The highest BCUT2D eigenvalue weighted by Gasteiger charge is 2.11. The number of nitrogens with two attached hydrogens (primary N) is 1.